The van der Waals surface area contributed by atoms with Crippen LogP contribution in [0.4, 0.5) is 0 Å². The van der Waals surface area contributed by atoms with Crippen LogP contribution in [0.25, 0.3) is 6.08 Å². The van der Waals surface area contributed by atoms with Gasteiger partial charge in [0.2, 0.25) is 5.91 Å². The van der Waals surface area contributed by atoms with Crippen molar-refractivity contribution < 1.29 is 19.4 Å². The van der Waals surface area contributed by atoms with Crippen LogP contribution >= 0.6 is 24.0 Å². The molecule has 30 heavy (non-hydrogen) atoms. The molecular weight excluding hydrogens is 420 g/mol. The van der Waals surface area contributed by atoms with E-state index in [1.807, 2.05) is 36.4 Å². The fourth-order valence-electron chi connectivity index (χ4n) is 2.85. The van der Waals surface area contributed by atoms with Gasteiger partial charge in [0.15, 0.2) is 0 Å². The molecule has 2 N–H and O–H groups in total. The number of thiocarbonyl (C=S) groups is 1. The highest BCUT2D eigenvalue weighted by Gasteiger charge is 2.32. The number of aromatic hydroxyl groups is 1. The highest BCUT2D eigenvalue weighted by molar-refractivity contribution is 8.26. The zero-order valence-corrected chi connectivity index (χ0v) is 18.1. The van der Waals surface area contributed by atoms with Gasteiger partial charge < -0.3 is 15.2 Å². The first-order valence-corrected chi connectivity index (χ1v) is 10.6. The Balaban J connectivity index is 1.48. The van der Waals surface area contributed by atoms with Crippen molar-refractivity contribution >= 4 is 46.2 Å². The van der Waals surface area contributed by atoms with E-state index in [-0.39, 0.29) is 30.5 Å². The highest BCUT2D eigenvalue weighted by atomic mass is 32.2. The molecule has 1 aliphatic rings. The van der Waals surface area contributed by atoms with Crippen LogP contribution in [0.5, 0.6) is 11.5 Å². The van der Waals surface area contributed by atoms with Gasteiger partial charge in [0.05, 0.1) is 12.0 Å². The number of phenols is 1. The number of carbonyl (C=O) groups excluding carboxylic acids is 2. The maximum Gasteiger partial charge on any atom is 0.266 e. The Hall–Kier alpha value is -2.84. The van der Waals surface area contributed by atoms with E-state index in [1.165, 1.54) is 16.7 Å². The van der Waals surface area contributed by atoms with Crippen molar-refractivity contribution in [1.82, 2.24) is 10.2 Å². The standard InChI is InChI=1S/C22H22N2O4S2/c1-28-18-8-4-16(5-9-18)14-19-21(27)24(22(29)30-19)13-11-20(26)23-12-10-15-2-6-17(25)7-3-15/h2-9,14,25H,10-13H2,1H3,(H,23,26)/b19-14+. The third-order valence-corrected chi connectivity index (χ3v) is 5.90. The molecule has 6 nitrogen and oxygen atoms in total. The lowest BCUT2D eigenvalue weighted by molar-refractivity contribution is -0.123. The van der Waals surface area contributed by atoms with Crippen LogP contribution in [0.3, 0.4) is 0 Å². The average Bonchev–Trinajstić information content (AvgIpc) is 3.01. The molecule has 0 spiro atoms. The molecular formula is C22H22N2O4S2. The molecule has 1 saturated heterocycles. The van der Waals surface area contributed by atoms with Gasteiger partial charge in [0, 0.05) is 19.5 Å². The van der Waals surface area contributed by atoms with Gasteiger partial charge in [-0.1, -0.05) is 48.2 Å². The van der Waals surface area contributed by atoms with Crippen molar-refractivity contribution in [3.05, 3.63) is 64.6 Å². The summed E-state index contributed by atoms with van der Waals surface area (Å²) in [6.45, 7) is 0.731. The molecule has 1 fully saturated rings. The Morgan fingerprint density at radius 3 is 2.57 bits per heavy atom. The Morgan fingerprint density at radius 1 is 1.20 bits per heavy atom. The van der Waals surface area contributed by atoms with Crippen molar-refractivity contribution in [2.24, 2.45) is 0 Å². The predicted octanol–water partition coefficient (Wildman–Crippen LogP) is 3.35. The molecule has 0 aliphatic carbocycles. The molecule has 2 amide bonds. The van der Waals surface area contributed by atoms with Gasteiger partial charge in [0.1, 0.15) is 15.8 Å². The summed E-state index contributed by atoms with van der Waals surface area (Å²) in [4.78, 5) is 26.8. The van der Waals surface area contributed by atoms with E-state index in [0.717, 1.165) is 16.9 Å². The summed E-state index contributed by atoms with van der Waals surface area (Å²) in [7, 11) is 1.60. The fourth-order valence-corrected chi connectivity index (χ4v) is 4.16. The highest BCUT2D eigenvalue weighted by Crippen LogP contribution is 2.32. The molecule has 0 unspecified atom stereocenters. The lowest BCUT2D eigenvalue weighted by atomic mass is 10.1. The van der Waals surface area contributed by atoms with Gasteiger partial charge in [-0.15, -0.1) is 0 Å². The van der Waals surface area contributed by atoms with Crippen molar-refractivity contribution in [1.29, 1.82) is 0 Å². The predicted molar refractivity (Wildman–Crippen MR) is 122 cm³/mol. The van der Waals surface area contributed by atoms with E-state index in [0.29, 0.717) is 22.2 Å². The second kappa shape index (κ2) is 10.3. The molecule has 0 radical (unpaired) electrons. The number of amides is 2. The molecule has 8 heteroatoms. The van der Waals surface area contributed by atoms with Crippen LogP contribution in [-0.2, 0) is 16.0 Å². The number of benzene rings is 2. The molecule has 0 bridgehead atoms. The van der Waals surface area contributed by atoms with Gasteiger partial charge in [-0.25, -0.2) is 0 Å². The minimum absolute atomic E-state index is 0.137. The number of ether oxygens (including phenoxy) is 1. The third-order valence-electron chi connectivity index (χ3n) is 4.52. The largest absolute Gasteiger partial charge is 0.508 e. The molecule has 1 aliphatic heterocycles. The zero-order chi connectivity index (χ0) is 21.5. The van der Waals surface area contributed by atoms with E-state index < -0.39 is 0 Å². The van der Waals surface area contributed by atoms with Gasteiger partial charge in [0.25, 0.3) is 5.91 Å². The minimum atomic E-state index is -0.183. The number of carbonyl (C=O) groups is 2. The van der Waals surface area contributed by atoms with E-state index in [9.17, 15) is 14.7 Å². The van der Waals surface area contributed by atoms with Crippen LogP contribution in [0.15, 0.2) is 53.4 Å². The SMILES string of the molecule is COc1ccc(/C=C2/SC(=S)N(CCC(=O)NCCc3ccc(O)cc3)C2=O)cc1. The summed E-state index contributed by atoms with van der Waals surface area (Å²) < 4.78 is 5.59. The molecule has 0 atom stereocenters. The number of nitrogens with zero attached hydrogens (tertiary/aromatic N) is 1. The summed E-state index contributed by atoms with van der Waals surface area (Å²) in [5.41, 5.74) is 1.90. The molecule has 1 heterocycles. The van der Waals surface area contributed by atoms with E-state index in [2.05, 4.69) is 5.32 Å². The topological polar surface area (TPSA) is 78.9 Å². The Labute approximate surface area is 184 Å². The third kappa shape index (κ3) is 5.84. The number of phenolic OH excluding ortho intramolecular Hbond substituents is 1. The second-order valence-electron chi connectivity index (χ2n) is 6.62. The number of nitrogens with one attached hydrogen (secondary N) is 1. The average molecular weight is 443 g/mol. The van der Waals surface area contributed by atoms with Crippen LogP contribution in [0.1, 0.15) is 17.5 Å². The van der Waals surface area contributed by atoms with Crippen LogP contribution in [-0.4, -0.2) is 46.3 Å². The van der Waals surface area contributed by atoms with Crippen LogP contribution in [0, 0.1) is 0 Å². The maximum atomic E-state index is 12.7. The van der Waals surface area contributed by atoms with Gasteiger partial charge in [-0.2, -0.15) is 0 Å². The van der Waals surface area contributed by atoms with Gasteiger partial charge in [-0.3, -0.25) is 14.5 Å². The smallest absolute Gasteiger partial charge is 0.266 e. The van der Waals surface area contributed by atoms with Gasteiger partial charge >= 0.3 is 0 Å². The molecule has 2 aromatic rings. The first kappa shape index (κ1) is 21.9. The summed E-state index contributed by atoms with van der Waals surface area (Å²) in [6.07, 6.45) is 2.63. The lowest BCUT2D eigenvalue weighted by Crippen LogP contribution is -2.34. The molecule has 156 valence electrons. The number of rotatable bonds is 8. The van der Waals surface area contributed by atoms with E-state index in [4.69, 9.17) is 17.0 Å². The molecule has 3 rings (SSSR count). The normalized spacial score (nSPS) is 15.0. The minimum Gasteiger partial charge on any atom is -0.508 e. The number of hydrogen-bond acceptors (Lipinski definition) is 6. The lowest BCUT2D eigenvalue weighted by Gasteiger charge is -2.14. The van der Waals surface area contributed by atoms with Crippen LogP contribution < -0.4 is 10.1 Å². The zero-order valence-electron chi connectivity index (χ0n) is 16.5. The summed E-state index contributed by atoms with van der Waals surface area (Å²) in [5.74, 6) is 0.642. The van der Waals surface area contributed by atoms with E-state index in [1.54, 1.807) is 25.3 Å². The number of thioether (sulfide) groups is 1. The number of methoxy groups -OCH3 is 1. The Kier molecular flexibility index (Phi) is 7.48. The van der Waals surface area contributed by atoms with E-state index >= 15 is 0 Å². The summed E-state index contributed by atoms with van der Waals surface area (Å²) in [5, 5.41) is 12.1. The maximum absolute atomic E-state index is 12.7. The summed E-state index contributed by atoms with van der Waals surface area (Å²) >= 11 is 6.56. The quantitative estimate of drug-likeness (QED) is 0.482. The van der Waals surface area contributed by atoms with Gasteiger partial charge in [-0.05, 0) is 47.9 Å². The first-order chi connectivity index (χ1) is 14.5. The molecule has 0 aromatic heterocycles. The van der Waals surface area contributed by atoms with Crippen molar-refractivity contribution in [2.45, 2.75) is 12.8 Å². The monoisotopic (exact) mass is 442 g/mol. The van der Waals surface area contributed by atoms with Crippen molar-refractivity contribution in [3.63, 3.8) is 0 Å². The fraction of sp³-hybridized carbons (Fsp3) is 0.227. The molecule has 2 aromatic carbocycles. The summed E-state index contributed by atoms with van der Waals surface area (Å²) in [6, 6.07) is 14.3. The number of hydrogen-bond donors (Lipinski definition) is 2. The Morgan fingerprint density at radius 2 is 1.90 bits per heavy atom. The van der Waals surface area contributed by atoms with Crippen molar-refractivity contribution in [3.8, 4) is 11.5 Å². The second-order valence-corrected chi connectivity index (χ2v) is 8.30. The molecule has 0 saturated carbocycles. The van der Waals surface area contributed by atoms with Crippen LogP contribution in [0.2, 0.25) is 0 Å². The van der Waals surface area contributed by atoms with Crippen molar-refractivity contribution in [2.75, 3.05) is 20.2 Å². The first-order valence-electron chi connectivity index (χ1n) is 9.40. The Bertz CT molecular complexity index is 956.